The third-order valence-electron chi connectivity index (χ3n) is 11.8. The van der Waals surface area contributed by atoms with Crippen molar-refractivity contribution in [2.75, 3.05) is 0 Å². The summed E-state index contributed by atoms with van der Waals surface area (Å²) in [7, 11) is 0. The average Bonchev–Trinajstić information content (AvgIpc) is 3.80. The molecule has 0 spiro atoms. The third-order valence-corrected chi connectivity index (χ3v) is 12.9. The standard InChI is InChI=1S/C55H36S/c1-4-14-37(15-5-1)42-32-43(38-16-6-2-7-17-38)34-44(33-42)40-26-24-39(25-27-40)41-28-30-53-49(35-41)50-36-46(29-31-54(50)56-53)55(45-18-8-3-9-19-45)51-22-12-10-20-47(51)48-21-11-13-23-52(48)55/h1-36H. The second kappa shape index (κ2) is 13.2. The lowest BCUT2D eigenvalue weighted by atomic mass is 9.67. The number of hydrogen-bond acceptors (Lipinski definition) is 1. The summed E-state index contributed by atoms with van der Waals surface area (Å²) in [6.45, 7) is 0. The maximum absolute atomic E-state index is 2.48. The monoisotopic (exact) mass is 728 g/mol. The van der Waals surface area contributed by atoms with Gasteiger partial charge in [0, 0.05) is 20.2 Å². The van der Waals surface area contributed by atoms with Gasteiger partial charge < -0.3 is 0 Å². The summed E-state index contributed by atoms with van der Waals surface area (Å²) in [5, 5.41) is 2.61. The van der Waals surface area contributed by atoms with Crippen molar-refractivity contribution >= 4 is 31.5 Å². The smallest absolute Gasteiger partial charge is 0.0713 e. The number of benzene rings is 9. The highest BCUT2D eigenvalue weighted by Crippen LogP contribution is 2.56. The van der Waals surface area contributed by atoms with Gasteiger partial charge in [0.2, 0.25) is 0 Å². The Morgan fingerprint density at radius 2 is 0.679 bits per heavy atom. The van der Waals surface area contributed by atoms with Gasteiger partial charge >= 0.3 is 0 Å². The molecule has 1 aromatic heterocycles. The third kappa shape index (κ3) is 5.20. The van der Waals surface area contributed by atoms with Gasteiger partial charge in [-0.25, -0.2) is 0 Å². The van der Waals surface area contributed by atoms with Gasteiger partial charge in [-0.2, -0.15) is 0 Å². The van der Waals surface area contributed by atoms with Crippen LogP contribution in [-0.2, 0) is 5.41 Å². The van der Waals surface area contributed by atoms with Crippen molar-refractivity contribution < 1.29 is 0 Å². The summed E-state index contributed by atoms with van der Waals surface area (Å²) in [6.07, 6.45) is 0. The van der Waals surface area contributed by atoms with E-state index in [1.54, 1.807) is 0 Å². The molecule has 0 saturated carbocycles. The molecule has 1 aliphatic rings. The summed E-state index contributed by atoms with van der Waals surface area (Å²) in [4.78, 5) is 0. The van der Waals surface area contributed by atoms with Crippen molar-refractivity contribution in [1.82, 2.24) is 0 Å². The Labute approximate surface area is 331 Å². The number of rotatable bonds is 6. The predicted molar refractivity (Wildman–Crippen MR) is 238 cm³/mol. The minimum atomic E-state index is -0.414. The molecule has 0 N–H and O–H groups in total. The van der Waals surface area contributed by atoms with Gasteiger partial charge in [-0.05, 0) is 120 Å². The highest BCUT2D eigenvalue weighted by molar-refractivity contribution is 7.25. The normalized spacial score (nSPS) is 12.8. The second-order valence-electron chi connectivity index (χ2n) is 14.8. The van der Waals surface area contributed by atoms with E-state index in [1.165, 1.54) is 98.1 Å². The largest absolute Gasteiger partial charge is 0.135 e. The van der Waals surface area contributed by atoms with Crippen LogP contribution in [0.25, 0.3) is 75.8 Å². The van der Waals surface area contributed by atoms with E-state index < -0.39 is 5.41 Å². The first-order chi connectivity index (χ1) is 27.7. The first kappa shape index (κ1) is 32.6. The SMILES string of the molecule is c1ccc(-c2cc(-c3ccccc3)cc(-c3ccc(-c4ccc5sc6ccc(C7(c8ccccc8)c8ccccc8-c8ccccc87)cc6c5c4)cc3)c2)cc1. The second-order valence-corrected chi connectivity index (χ2v) is 15.9. The lowest BCUT2D eigenvalue weighted by Crippen LogP contribution is -2.28. The molecular formula is C55H36S. The zero-order valence-corrected chi connectivity index (χ0v) is 31.5. The summed E-state index contributed by atoms with van der Waals surface area (Å²) in [5.41, 5.74) is 17.3. The fraction of sp³-hybridized carbons (Fsp3) is 0.0182. The summed E-state index contributed by atoms with van der Waals surface area (Å²) in [6, 6.07) is 80.7. The van der Waals surface area contributed by atoms with E-state index in [0.29, 0.717) is 0 Å². The molecule has 1 aliphatic carbocycles. The quantitative estimate of drug-likeness (QED) is 0.160. The van der Waals surface area contributed by atoms with Crippen LogP contribution < -0.4 is 0 Å². The molecule has 0 radical (unpaired) electrons. The molecule has 11 rings (SSSR count). The van der Waals surface area contributed by atoms with Crippen LogP contribution in [0.4, 0.5) is 0 Å². The Bertz CT molecular complexity index is 2940. The van der Waals surface area contributed by atoms with Gasteiger partial charge in [0.15, 0.2) is 0 Å². The van der Waals surface area contributed by atoms with E-state index in [9.17, 15) is 0 Å². The number of thiophene rings is 1. The van der Waals surface area contributed by atoms with Crippen LogP contribution in [0.1, 0.15) is 22.3 Å². The maximum atomic E-state index is 2.48. The first-order valence-electron chi connectivity index (χ1n) is 19.3. The Hall–Kier alpha value is -6.80. The van der Waals surface area contributed by atoms with Gasteiger partial charge in [-0.15, -0.1) is 11.3 Å². The molecular weight excluding hydrogens is 693 g/mol. The van der Waals surface area contributed by atoms with E-state index >= 15 is 0 Å². The van der Waals surface area contributed by atoms with E-state index in [0.717, 1.165) is 0 Å². The molecule has 10 aromatic rings. The van der Waals surface area contributed by atoms with Gasteiger partial charge in [0.05, 0.1) is 5.41 Å². The van der Waals surface area contributed by atoms with Crippen LogP contribution in [0.3, 0.4) is 0 Å². The Balaban J connectivity index is 1.02. The topological polar surface area (TPSA) is 0 Å². The van der Waals surface area contributed by atoms with Crippen LogP contribution in [0, 0.1) is 0 Å². The maximum Gasteiger partial charge on any atom is 0.0713 e. The fourth-order valence-corrected chi connectivity index (χ4v) is 10.2. The summed E-state index contributed by atoms with van der Waals surface area (Å²) < 4.78 is 2.62. The van der Waals surface area contributed by atoms with E-state index in [-0.39, 0.29) is 0 Å². The van der Waals surface area contributed by atoms with Gasteiger partial charge in [-0.1, -0.05) is 176 Å². The lowest BCUT2D eigenvalue weighted by Gasteiger charge is -2.34. The Morgan fingerprint density at radius 3 is 1.23 bits per heavy atom. The molecule has 262 valence electrons. The lowest BCUT2D eigenvalue weighted by molar-refractivity contribution is 0.770. The molecule has 0 amide bonds. The molecule has 1 heterocycles. The molecule has 0 aliphatic heterocycles. The molecule has 0 bridgehead atoms. The molecule has 1 heteroatoms. The fourth-order valence-electron chi connectivity index (χ4n) is 9.15. The average molecular weight is 729 g/mol. The van der Waals surface area contributed by atoms with Gasteiger partial charge in [0.25, 0.3) is 0 Å². The Kier molecular flexibility index (Phi) is 7.69. The van der Waals surface area contributed by atoms with Gasteiger partial charge in [-0.3, -0.25) is 0 Å². The summed E-state index contributed by atoms with van der Waals surface area (Å²) >= 11 is 1.88. The molecule has 0 fully saturated rings. The van der Waals surface area contributed by atoms with Crippen LogP contribution in [0.5, 0.6) is 0 Å². The van der Waals surface area contributed by atoms with E-state index in [2.05, 4.69) is 218 Å². The molecule has 0 saturated heterocycles. The van der Waals surface area contributed by atoms with Crippen molar-refractivity contribution in [2.45, 2.75) is 5.41 Å². The van der Waals surface area contributed by atoms with Crippen molar-refractivity contribution in [3.05, 3.63) is 241 Å². The van der Waals surface area contributed by atoms with E-state index in [4.69, 9.17) is 0 Å². The molecule has 0 atom stereocenters. The summed E-state index contributed by atoms with van der Waals surface area (Å²) in [5.74, 6) is 0. The van der Waals surface area contributed by atoms with Crippen molar-refractivity contribution in [3.8, 4) is 55.6 Å². The van der Waals surface area contributed by atoms with Crippen molar-refractivity contribution in [3.63, 3.8) is 0 Å². The molecule has 56 heavy (non-hydrogen) atoms. The minimum absolute atomic E-state index is 0.414. The van der Waals surface area contributed by atoms with Crippen LogP contribution in [-0.4, -0.2) is 0 Å². The van der Waals surface area contributed by atoms with E-state index in [1.807, 2.05) is 11.3 Å². The zero-order valence-electron chi connectivity index (χ0n) is 30.7. The minimum Gasteiger partial charge on any atom is -0.135 e. The Morgan fingerprint density at radius 1 is 0.268 bits per heavy atom. The van der Waals surface area contributed by atoms with Gasteiger partial charge in [0.1, 0.15) is 0 Å². The molecule has 0 nitrogen and oxygen atoms in total. The van der Waals surface area contributed by atoms with Crippen LogP contribution >= 0.6 is 11.3 Å². The highest BCUT2D eigenvalue weighted by atomic mass is 32.1. The predicted octanol–water partition coefficient (Wildman–Crippen LogP) is 15.1. The van der Waals surface area contributed by atoms with Crippen LogP contribution in [0.2, 0.25) is 0 Å². The number of hydrogen-bond donors (Lipinski definition) is 0. The number of fused-ring (bicyclic) bond motifs is 6. The van der Waals surface area contributed by atoms with Crippen molar-refractivity contribution in [2.24, 2.45) is 0 Å². The molecule has 0 unspecified atom stereocenters. The van der Waals surface area contributed by atoms with Crippen LogP contribution in [0.15, 0.2) is 218 Å². The molecule has 9 aromatic carbocycles. The van der Waals surface area contributed by atoms with Crippen molar-refractivity contribution in [1.29, 1.82) is 0 Å². The zero-order chi connectivity index (χ0) is 37.1. The first-order valence-corrected chi connectivity index (χ1v) is 20.1. The highest BCUT2D eigenvalue weighted by Gasteiger charge is 2.45.